The van der Waals surface area contributed by atoms with E-state index in [1.807, 2.05) is 0 Å². The van der Waals surface area contributed by atoms with Crippen LogP contribution in [0, 0.1) is 5.92 Å². The molecule has 2 aliphatic rings. The van der Waals surface area contributed by atoms with Gasteiger partial charge in [-0.25, -0.2) is 0 Å². The highest BCUT2D eigenvalue weighted by Crippen LogP contribution is 2.18. The Bertz CT molecular complexity index is 219. The largest absolute Gasteiger partial charge is 0.310 e. The fraction of sp³-hybridized carbons (Fsp3) is 1.00. The minimum atomic E-state index is 0.741. The number of hydrogen-bond donors (Lipinski definition) is 1. The number of likely N-dealkylation sites (N-methyl/N-ethyl adjacent to an activating group) is 1. The SMILES string of the molecule is CCN1CCC(NC2CCN(C)C2)C(C)C1. The molecule has 2 aliphatic heterocycles. The topological polar surface area (TPSA) is 18.5 Å². The second-order valence-electron chi connectivity index (χ2n) is 5.68. The van der Waals surface area contributed by atoms with Gasteiger partial charge in [-0.15, -0.1) is 0 Å². The predicted molar refractivity (Wildman–Crippen MR) is 68.7 cm³/mol. The third kappa shape index (κ3) is 2.96. The molecule has 0 aromatic carbocycles. The van der Waals surface area contributed by atoms with E-state index in [1.54, 1.807) is 0 Å². The Labute approximate surface area is 100 Å². The first-order chi connectivity index (χ1) is 7.69. The summed E-state index contributed by atoms with van der Waals surface area (Å²) in [5.41, 5.74) is 0. The number of nitrogens with one attached hydrogen (secondary N) is 1. The van der Waals surface area contributed by atoms with Crippen LogP contribution in [0.3, 0.4) is 0 Å². The van der Waals surface area contributed by atoms with Gasteiger partial charge < -0.3 is 15.1 Å². The van der Waals surface area contributed by atoms with Crippen molar-refractivity contribution in [2.24, 2.45) is 5.92 Å². The number of piperidine rings is 1. The fourth-order valence-electron chi connectivity index (χ4n) is 3.14. The van der Waals surface area contributed by atoms with Crippen molar-refractivity contribution in [1.82, 2.24) is 15.1 Å². The average molecular weight is 225 g/mol. The van der Waals surface area contributed by atoms with Crippen LogP contribution in [0.25, 0.3) is 0 Å². The molecule has 0 aromatic heterocycles. The minimum Gasteiger partial charge on any atom is -0.310 e. The second kappa shape index (κ2) is 5.48. The lowest BCUT2D eigenvalue weighted by Gasteiger charge is -2.38. The van der Waals surface area contributed by atoms with Gasteiger partial charge >= 0.3 is 0 Å². The molecule has 2 saturated heterocycles. The van der Waals surface area contributed by atoms with Gasteiger partial charge in [0.25, 0.3) is 0 Å². The molecule has 0 aromatic rings. The van der Waals surface area contributed by atoms with Gasteiger partial charge in [-0.2, -0.15) is 0 Å². The molecule has 0 amide bonds. The van der Waals surface area contributed by atoms with Gasteiger partial charge in [0.15, 0.2) is 0 Å². The van der Waals surface area contributed by atoms with Crippen LogP contribution in [0.2, 0.25) is 0 Å². The van der Waals surface area contributed by atoms with Crippen molar-refractivity contribution < 1.29 is 0 Å². The molecular formula is C13H27N3. The molecular weight excluding hydrogens is 198 g/mol. The molecule has 1 N–H and O–H groups in total. The van der Waals surface area contributed by atoms with E-state index >= 15 is 0 Å². The van der Waals surface area contributed by atoms with Crippen LogP contribution in [-0.2, 0) is 0 Å². The molecule has 0 bridgehead atoms. The van der Waals surface area contributed by atoms with Crippen molar-refractivity contribution in [3.8, 4) is 0 Å². The molecule has 94 valence electrons. The van der Waals surface area contributed by atoms with Gasteiger partial charge in [0.2, 0.25) is 0 Å². The normalized spacial score (nSPS) is 38.1. The van der Waals surface area contributed by atoms with Gasteiger partial charge in [-0.3, -0.25) is 0 Å². The maximum atomic E-state index is 3.87. The van der Waals surface area contributed by atoms with E-state index in [4.69, 9.17) is 0 Å². The molecule has 0 aliphatic carbocycles. The summed E-state index contributed by atoms with van der Waals surface area (Å²) in [5.74, 6) is 0.805. The Kier molecular flexibility index (Phi) is 4.22. The maximum absolute atomic E-state index is 3.87. The van der Waals surface area contributed by atoms with E-state index in [9.17, 15) is 0 Å². The molecule has 3 atom stereocenters. The third-order valence-electron chi connectivity index (χ3n) is 4.28. The van der Waals surface area contributed by atoms with Gasteiger partial charge in [0.1, 0.15) is 0 Å². The van der Waals surface area contributed by atoms with Crippen molar-refractivity contribution >= 4 is 0 Å². The zero-order valence-electron chi connectivity index (χ0n) is 11.1. The standard InChI is InChI=1S/C13H27N3/c1-4-16-8-6-13(11(2)9-16)14-12-5-7-15(3)10-12/h11-14H,4-10H2,1-3H3. The molecule has 0 radical (unpaired) electrons. The lowest BCUT2D eigenvalue weighted by atomic mass is 9.93. The van der Waals surface area contributed by atoms with Gasteiger partial charge in [0, 0.05) is 25.2 Å². The summed E-state index contributed by atoms with van der Waals surface area (Å²) < 4.78 is 0. The molecule has 0 saturated carbocycles. The summed E-state index contributed by atoms with van der Waals surface area (Å²) in [5, 5.41) is 3.87. The quantitative estimate of drug-likeness (QED) is 0.773. The first-order valence-electron chi connectivity index (χ1n) is 6.86. The van der Waals surface area contributed by atoms with E-state index in [-0.39, 0.29) is 0 Å². The maximum Gasteiger partial charge on any atom is 0.0209 e. The van der Waals surface area contributed by atoms with E-state index < -0.39 is 0 Å². The summed E-state index contributed by atoms with van der Waals surface area (Å²) in [7, 11) is 2.23. The highest BCUT2D eigenvalue weighted by Gasteiger charge is 2.28. The first-order valence-corrected chi connectivity index (χ1v) is 6.86. The smallest absolute Gasteiger partial charge is 0.0209 e. The van der Waals surface area contributed by atoms with E-state index in [0.29, 0.717) is 0 Å². The molecule has 3 heteroatoms. The average Bonchev–Trinajstić information content (AvgIpc) is 2.67. The Morgan fingerprint density at radius 1 is 1.19 bits per heavy atom. The molecule has 3 nitrogen and oxygen atoms in total. The van der Waals surface area contributed by atoms with Crippen molar-refractivity contribution in [3.63, 3.8) is 0 Å². The lowest BCUT2D eigenvalue weighted by molar-refractivity contribution is 0.146. The minimum absolute atomic E-state index is 0.741. The molecule has 16 heavy (non-hydrogen) atoms. The third-order valence-corrected chi connectivity index (χ3v) is 4.28. The lowest BCUT2D eigenvalue weighted by Crippen LogP contribution is -2.51. The molecule has 2 heterocycles. The van der Waals surface area contributed by atoms with Crippen LogP contribution < -0.4 is 5.32 Å². The van der Waals surface area contributed by atoms with Crippen LogP contribution in [0.15, 0.2) is 0 Å². The number of rotatable bonds is 3. The summed E-state index contributed by atoms with van der Waals surface area (Å²) in [4.78, 5) is 5.01. The van der Waals surface area contributed by atoms with E-state index in [0.717, 1.165) is 18.0 Å². The van der Waals surface area contributed by atoms with Gasteiger partial charge in [-0.1, -0.05) is 13.8 Å². The monoisotopic (exact) mass is 225 g/mol. The van der Waals surface area contributed by atoms with Crippen LogP contribution in [0.4, 0.5) is 0 Å². The Balaban J connectivity index is 1.77. The fourth-order valence-corrected chi connectivity index (χ4v) is 3.14. The summed E-state index contributed by atoms with van der Waals surface area (Å²) in [6.45, 7) is 10.9. The zero-order valence-corrected chi connectivity index (χ0v) is 11.1. The number of nitrogens with zero attached hydrogens (tertiary/aromatic N) is 2. The van der Waals surface area contributed by atoms with Crippen molar-refractivity contribution in [3.05, 3.63) is 0 Å². The van der Waals surface area contributed by atoms with Crippen LogP contribution >= 0.6 is 0 Å². The number of hydrogen-bond acceptors (Lipinski definition) is 3. The van der Waals surface area contributed by atoms with Gasteiger partial charge in [-0.05, 0) is 45.4 Å². The van der Waals surface area contributed by atoms with Gasteiger partial charge in [0.05, 0.1) is 0 Å². The molecule has 2 rings (SSSR count). The van der Waals surface area contributed by atoms with Crippen molar-refractivity contribution in [1.29, 1.82) is 0 Å². The van der Waals surface area contributed by atoms with Crippen LogP contribution in [0.1, 0.15) is 26.7 Å². The van der Waals surface area contributed by atoms with Crippen molar-refractivity contribution in [2.75, 3.05) is 39.8 Å². The molecule has 2 fully saturated rings. The van der Waals surface area contributed by atoms with Crippen molar-refractivity contribution in [2.45, 2.75) is 38.8 Å². The Morgan fingerprint density at radius 3 is 2.56 bits per heavy atom. The summed E-state index contributed by atoms with van der Waals surface area (Å²) in [6, 6.07) is 1.49. The molecule has 3 unspecified atom stereocenters. The number of likely N-dealkylation sites (tertiary alicyclic amines) is 2. The Hall–Kier alpha value is -0.120. The molecule has 0 spiro atoms. The Morgan fingerprint density at radius 2 is 2.00 bits per heavy atom. The second-order valence-corrected chi connectivity index (χ2v) is 5.68. The summed E-state index contributed by atoms with van der Waals surface area (Å²) >= 11 is 0. The van der Waals surface area contributed by atoms with Crippen LogP contribution in [0.5, 0.6) is 0 Å². The van der Waals surface area contributed by atoms with E-state index in [2.05, 4.69) is 36.0 Å². The van der Waals surface area contributed by atoms with E-state index in [1.165, 1.54) is 45.6 Å². The highest BCUT2D eigenvalue weighted by molar-refractivity contribution is 4.88. The zero-order chi connectivity index (χ0) is 11.5. The summed E-state index contributed by atoms with van der Waals surface area (Å²) in [6.07, 6.45) is 2.66. The van der Waals surface area contributed by atoms with Crippen LogP contribution in [-0.4, -0.2) is 61.7 Å². The highest BCUT2D eigenvalue weighted by atomic mass is 15.2. The first kappa shape index (κ1) is 12.3. The predicted octanol–water partition coefficient (Wildman–Crippen LogP) is 1.01.